The highest BCUT2D eigenvalue weighted by Crippen LogP contribution is 1.97. The first kappa shape index (κ1) is 19.8. The van der Waals surface area contributed by atoms with Crippen LogP contribution in [0.25, 0.3) is 0 Å². The van der Waals surface area contributed by atoms with E-state index in [0.717, 1.165) is 39.4 Å². The minimum atomic E-state index is 0.916. The molecule has 0 spiro atoms. The van der Waals surface area contributed by atoms with Crippen molar-refractivity contribution in [3.8, 4) is 0 Å². The number of morpholine rings is 1. The van der Waals surface area contributed by atoms with Gasteiger partial charge in [-0.1, -0.05) is 0 Å². The molecule has 0 amide bonds. The molecule has 6 nitrogen and oxygen atoms in total. The highest BCUT2D eigenvalue weighted by Gasteiger charge is 2.12. The second-order valence-corrected chi connectivity index (χ2v) is 6.16. The largest absolute Gasteiger partial charge is 0.379 e. The molecule has 2 saturated heterocycles. The SMILES string of the molecule is CNCCCN1CCOCC1.CNCCN1CCN(C)CC1. The fraction of sp³-hybridized carbons (Fsp3) is 1.00. The lowest BCUT2D eigenvalue weighted by Crippen LogP contribution is -2.46. The van der Waals surface area contributed by atoms with Crippen LogP contribution in [0.4, 0.5) is 0 Å². The van der Waals surface area contributed by atoms with Crippen molar-refractivity contribution in [3.05, 3.63) is 0 Å². The number of nitrogens with zero attached hydrogens (tertiary/aromatic N) is 3. The van der Waals surface area contributed by atoms with Crippen LogP contribution in [-0.4, -0.2) is 115 Å². The van der Waals surface area contributed by atoms with Crippen LogP contribution in [0.2, 0.25) is 0 Å². The van der Waals surface area contributed by atoms with Gasteiger partial charge in [-0.2, -0.15) is 0 Å². The van der Waals surface area contributed by atoms with Gasteiger partial charge in [-0.05, 0) is 40.7 Å². The first-order valence-corrected chi connectivity index (χ1v) is 8.76. The lowest BCUT2D eigenvalue weighted by Gasteiger charge is -2.32. The molecular weight excluding hydrogens is 278 g/mol. The molecule has 0 bridgehead atoms. The van der Waals surface area contributed by atoms with Crippen LogP contribution in [0.5, 0.6) is 0 Å². The Labute approximate surface area is 137 Å². The minimum Gasteiger partial charge on any atom is -0.379 e. The average Bonchev–Trinajstić information content (AvgIpc) is 2.56. The Kier molecular flexibility index (Phi) is 11.9. The molecule has 0 atom stereocenters. The molecular formula is C16H37N5O. The van der Waals surface area contributed by atoms with E-state index in [4.69, 9.17) is 4.74 Å². The first-order valence-electron chi connectivity index (χ1n) is 8.76. The van der Waals surface area contributed by atoms with E-state index < -0.39 is 0 Å². The van der Waals surface area contributed by atoms with Crippen LogP contribution in [0.1, 0.15) is 6.42 Å². The summed E-state index contributed by atoms with van der Waals surface area (Å²) in [6.07, 6.45) is 1.25. The summed E-state index contributed by atoms with van der Waals surface area (Å²) in [5, 5.41) is 6.32. The van der Waals surface area contributed by atoms with E-state index in [0.29, 0.717) is 0 Å². The molecule has 6 heteroatoms. The maximum atomic E-state index is 5.25. The monoisotopic (exact) mass is 315 g/mol. The van der Waals surface area contributed by atoms with Gasteiger partial charge in [0.1, 0.15) is 0 Å². The molecule has 0 unspecified atom stereocenters. The molecule has 22 heavy (non-hydrogen) atoms. The lowest BCUT2D eigenvalue weighted by molar-refractivity contribution is 0.0375. The number of rotatable bonds is 7. The Morgan fingerprint density at radius 2 is 1.36 bits per heavy atom. The van der Waals surface area contributed by atoms with Gasteiger partial charge < -0.3 is 20.3 Å². The van der Waals surface area contributed by atoms with Crippen LogP contribution in [0.3, 0.4) is 0 Å². The predicted octanol–water partition coefficient (Wildman–Crippen LogP) is -0.619. The van der Waals surface area contributed by atoms with Crippen LogP contribution in [0.15, 0.2) is 0 Å². The Morgan fingerprint density at radius 3 is 1.95 bits per heavy atom. The molecule has 2 aliphatic rings. The van der Waals surface area contributed by atoms with E-state index in [1.807, 2.05) is 14.1 Å². The van der Waals surface area contributed by atoms with E-state index in [9.17, 15) is 0 Å². The zero-order valence-electron chi connectivity index (χ0n) is 14.9. The molecule has 0 aromatic carbocycles. The van der Waals surface area contributed by atoms with E-state index >= 15 is 0 Å². The molecule has 0 saturated carbocycles. The summed E-state index contributed by atoms with van der Waals surface area (Å²) in [6, 6.07) is 0. The Balaban J connectivity index is 0.000000220. The maximum absolute atomic E-state index is 5.25. The third-order valence-electron chi connectivity index (χ3n) is 4.28. The third kappa shape index (κ3) is 9.71. The van der Waals surface area contributed by atoms with Gasteiger partial charge in [-0.25, -0.2) is 0 Å². The number of ether oxygens (including phenoxy) is 1. The molecule has 2 aliphatic heterocycles. The number of likely N-dealkylation sites (N-methyl/N-ethyl adjacent to an activating group) is 2. The molecule has 2 heterocycles. The minimum absolute atomic E-state index is 0.916. The van der Waals surface area contributed by atoms with Gasteiger partial charge in [-0.15, -0.1) is 0 Å². The Morgan fingerprint density at radius 1 is 0.773 bits per heavy atom. The highest BCUT2D eigenvalue weighted by molar-refractivity contribution is 4.69. The summed E-state index contributed by atoms with van der Waals surface area (Å²) in [6.45, 7) is 13.6. The van der Waals surface area contributed by atoms with Gasteiger partial charge in [0.2, 0.25) is 0 Å². The van der Waals surface area contributed by atoms with Crippen molar-refractivity contribution in [3.63, 3.8) is 0 Å². The molecule has 2 rings (SSSR count). The normalized spacial score (nSPS) is 21.4. The van der Waals surface area contributed by atoms with Crippen molar-refractivity contribution < 1.29 is 4.74 Å². The molecule has 0 aromatic heterocycles. The quantitative estimate of drug-likeness (QED) is 0.611. The molecule has 2 fully saturated rings. The topological polar surface area (TPSA) is 43.0 Å². The van der Waals surface area contributed by atoms with Gasteiger partial charge in [-0.3, -0.25) is 9.80 Å². The van der Waals surface area contributed by atoms with E-state index in [-0.39, 0.29) is 0 Å². The second-order valence-electron chi connectivity index (χ2n) is 6.16. The third-order valence-corrected chi connectivity index (χ3v) is 4.28. The zero-order chi connectivity index (χ0) is 16.0. The summed E-state index contributed by atoms with van der Waals surface area (Å²) in [7, 11) is 6.20. The number of nitrogens with one attached hydrogen (secondary N) is 2. The van der Waals surface area contributed by atoms with Gasteiger partial charge in [0.05, 0.1) is 13.2 Å². The number of hydrogen-bond acceptors (Lipinski definition) is 6. The van der Waals surface area contributed by atoms with Gasteiger partial charge in [0.15, 0.2) is 0 Å². The van der Waals surface area contributed by atoms with Crippen LogP contribution >= 0.6 is 0 Å². The van der Waals surface area contributed by atoms with Crippen molar-refractivity contribution >= 4 is 0 Å². The van der Waals surface area contributed by atoms with Crippen LogP contribution < -0.4 is 10.6 Å². The number of hydrogen-bond donors (Lipinski definition) is 2. The smallest absolute Gasteiger partial charge is 0.0594 e. The van der Waals surface area contributed by atoms with Crippen molar-refractivity contribution in [2.24, 2.45) is 0 Å². The summed E-state index contributed by atoms with van der Waals surface area (Å²) in [5.41, 5.74) is 0. The number of piperazine rings is 1. The standard InChI is InChI=1S/C8H19N3.C8H18N2O/c1-9-3-4-11-7-5-10(2)6-8-11;1-9-3-2-4-10-5-7-11-8-6-10/h9H,3-8H2,1-2H3;9H,2-8H2,1H3. The van der Waals surface area contributed by atoms with E-state index in [2.05, 4.69) is 32.4 Å². The first-order chi connectivity index (χ1) is 10.8. The average molecular weight is 316 g/mol. The Hall–Kier alpha value is -0.240. The van der Waals surface area contributed by atoms with Crippen molar-refractivity contribution in [2.75, 3.05) is 99.8 Å². The molecule has 0 aromatic rings. The van der Waals surface area contributed by atoms with Crippen molar-refractivity contribution in [1.29, 1.82) is 0 Å². The highest BCUT2D eigenvalue weighted by atomic mass is 16.5. The van der Waals surface area contributed by atoms with E-state index in [1.165, 1.54) is 45.7 Å². The van der Waals surface area contributed by atoms with Crippen LogP contribution in [0, 0.1) is 0 Å². The summed E-state index contributed by atoms with van der Waals surface area (Å²) in [4.78, 5) is 7.35. The molecule has 132 valence electrons. The van der Waals surface area contributed by atoms with Crippen molar-refractivity contribution in [2.45, 2.75) is 6.42 Å². The maximum Gasteiger partial charge on any atom is 0.0594 e. The van der Waals surface area contributed by atoms with Gasteiger partial charge >= 0.3 is 0 Å². The van der Waals surface area contributed by atoms with Crippen molar-refractivity contribution in [1.82, 2.24) is 25.3 Å². The van der Waals surface area contributed by atoms with Gasteiger partial charge in [0, 0.05) is 52.4 Å². The molecule has 0 radical (unpaired) electrons. The van der Waals surface area contributed by atoms with Crippen LogP contribution in [-0.2, 0) is 4.74 Å². The zero-order valence-corrected chi connectivity index (χ0v) is 14.9. The summed E-state index contributed by atoms with van der Waals surface area (Å²) in [5.74, 6) is 0. The summed E-state index contributed by atoms with van der Waals surface area (Å²) >= 11 is 0. The van der Waals surface area contributed by atoms with Gasteiger partial charge in [0.25, 0.3) is 0 Å². The predicted molar refractivity (Wildman–Crippen MR) is 93.7 cm³/mol. The second kappa shape index (κ2) is 13.2. The molecule has 2 N–H and O–H groups in total. The fourth-order valence-electron chi connectivity index (χ4n) is 2.65. The Bertz CT molecular complexity index is 238. The van der Waals surface area contributed by atoms with E-state index in [1.54, 1.807) is 0 Å². The summed E-state index contributed by atoms with van der Waals surface area (Å²) < 4.78 is 5.25. The fourth-order valence-corrected chi connectivity index (χ4v) is 2.65. The molecule has 0 aliphatic carbocycles. The lowest BCUT2D eigenvalue weighted by atomic mass is 10.3.